The van der Waals surface area contributed by atoms with E-state index in [4.69, 9.17) is 4.74 Å². The maximum Gasteiger partial charge on any atom is 0.0724 e. The second-order valence-electron chi connectivity index (χ2n) is 4.81. The van der Waals surface area contributed by atoms with Crippen LogP contribution < -0.4 is 5.32 Å². The minimum absolute atomic E-state index is 0.462. The Morgan fingerprint density at radius 2 is 2.00 bits per heavy atom. The highest BCUT2D eigenvalue weighted by atomic mass is 16.5. The molecule has 1 aliphatic heterocycles. The molecule has 1 N–H and O–H groups in total. The van der Waals surface area contributed by atoms with Crippen LogP contribution in [-0.2, 0) is 4.74 Å². The van der Waals surface area contributed by atoms with Gasteiger partial charge < -0.3 is 15.0 Å². The second kappa shape index (κ2) is 5.83. The first-order valence-electron chi connectivity index (χ1n) is 6.38. The molecule has 2 fully saturated rings. The summed E-state index contributed by atoms with van der Waals surface area (Å²) in [6, 6.07) is 0.609. The quantitative estimate of drug-likeness (QED) is 0.742. The van der Waals surface area contributed by atoms with Gasteiger partial charge in [-0.05, 0) is 45.2 Å². The lowest BCUT2D eigenvalue weighted by atomic mass is 10.2. The highest BCUT2D eigenvalue weighted by molar-refractivity contribution is 4.84. The Morgan fingerprint density at radius 3 is 2.73 bits per heavy atom. The molecule has 2 unspecified atom stereocenters. The van der Waals surface area contributed by atoms with Gasteiger partial charge in [-0.3, -0.25) is 0 Å². The normalized spacial score (nSPS) is 32.6. The van der Waals surface area contributed by atoms with Crippen LogP contribution in [0.5, 0.6) is 0 Å². The van der Waals surface area contributed by atoms with Crippen molar-refractivity contribution in [1.82, 2.24) is 10.2 Å². The van der Waals surface area contributed by atoms with E-state index in [0.29, 0.717) is 12.1 Å². The molecule has 2 aliphatic rings. The molecule has 88 valence electrons. The topological polar surface area (TPSA) is 24.5 Å². The molecule has 0 amide bonds. The molecule has 0 aromatic heterocycles. The summed E-state index contributed by atoms with van der Waals surface area (Å²) in [5.41, 5.74) is 0. The Labute approximate surface area is 93.2 Å². The lowest BCUT2D eigenvalue weighted by Gasteiger charge is -2.21. The SMILES string of the molecule is COC1CCCC1NCCN1CCCC1. The molecule has 0 aromatic rings. The fourth-order valence-electron chi connectivity index (χ4n) is 2.86. The lowest BCUT2D eigenvalue weighted by molar-refractivity contribution is 0.0845. The van der Waals surface area contributed by atoms with Gasteiger partial charge in [0, 0.05) is 26.2 Å². The Bertz CT molecular complexity index is 180. The van der Waals surface area contributed by atoms with Crippen molar-refractivity contribution in [1.29, 1.82) is 0 Å². The Hall–Kier alpha value is -0.120. The predicted molar refractivity (Wildman–Crippen MR) is 62.1 cm³/mol. The molecule has 1 heterocycles. The molecule has 0 aromatic carbocycles. The van der Waals surface area contributed by atoms with Crippen LogP contribution in [-0.4, -0.2) is 50.3 Å². The summed E-state index contributed by atoms with van der Waals surface area (Å²) in [6.07, 6.45) is 7.09. The van der Waals surface area contributed by atoms with Gasteiger partial charge in [0.15, 0.2) is 0 Å². The van der Waals surface area contributed by atoms with Gasteiger partial charge in [-0.25, -0.2) is 0 Å². The van der Waals surface area contributed by atoms with Gasteiger partial charge in [0.05, 0.1) is 6.10 Å². The molecular formula is C12H24N2O. The number of hydrogen-bond acceptors (Lipinski definition) is 3. The van der Waals surface area contributed by atoms with E-state index in [1.807, 2.05) is 7.11 Å². The molecule has 2 atom stereocenters. The molecule has 3 nitrogen and oxygen atoms in total. The zero-order valence-corrected chi connectivity index (χ0v) is 9.87. The Kier molecular flexibility index (Phi) is 4.42. The molecule has 0 bridgehead atoms. The Morgan fingerprint density at radius 1 is 1.20 bits per heavy atom. The number of nitrogens with one attached hydrogen (secondary N) is 1. The third-order valence-corrected chi connectivity index (χ3v) is 3.79. The number of likely N-dealkylation sites (tertiary alicyclic amines) is 1. The van der Waals surface area contributed by atoms with Crippen molar-refractivity contribution in [3.63, 3.8) is 0 Å². The molecule has 1 aliphatic carbocycles. The summed E-state index contributed by atoms with van der Waals surface area (Å²) in [5, 5.41) is 3.64. The van der Waals surface area contributed by atoms with Gasteiger partial charge in [-0.15, -0.1) is 0 Å². The number of methoxy groups -OCH3 is 1. The van der Waals surface area contributed by atoms with Crippen LogP contribution in [0.15, 0.2) is 0 Å². The number of nitrogens with zero attached hydrogens (tertiary/aromatic N) is 1. The zero-order valence-electron chi connectivity index (χ0n) is 9.87. The molecule has 2 rings (SSSR count). The fraction of sp³-hybridized carbons (Fsp3) is 1.00. The van der Waals surface area contributed by atoms with Crippen molar-refractivity contribution in [3.8, 4) is 0 Å². The van der Waals surface area contributed by atoms with Crippen molar-refractivity contribution in [2.45, 2.75) is 44.2 Å². The number of hydrogen-bond donors (Lipinski definition) is 1. The summed E-state index contributed by atoms with van der Waals surface area (Å²) in [4.78, 5) is 2.56. The van der Waals surface area contributed by atoms with E-state index in [1.165, 1.54) is 51.7 Å². The summed E-state index contributed by atoms with van der Waals surface area (Å²) in [5.74, 6) is 0. The van der Waals surface area contributed by atoms with E-state index in [-0.39, 0.29) is 0 Å². The van der Waals surface area contributed by atoms with Crippen LogP contribution >= 0.6 is 0 Å². The maximum atomic E-state index is 5.47. The average molecular weight is 212 g/mol. The van der Waals surface area contributed by atoms with Gasteiger partial charge in [-0.2, -0.15) is 0 Å². The molecule has 0 spiro atoms. The van der Waals surface area contributed by atoms with Crippen molar-refractivity contribution < 1.29 is 4.74 Å². The molecule has 0 radical (unpaired) electrons. The van der Waals surface area contributed by atoms with E-state index in [1.54, 1.807) is 0 Å². The van der Waals surface area contributed by atoms with Gasteiger partial charge in [-0.1, -0.05) is 0 Å². The van der Waals surface area contributed by atoms with E-state index in [2.05, 4.69) is 10.2 Å². The summed E-state index contributed by atoms with van der Waals surface area (Å²) < 4.78 is 5.47. The first kappa shape index (κ1) is 11.4. The van der Waals surface area contributed by atoms with Crippen LogP contribution in [0.2, 0.25) is 0 Å². The van der Waals surface area contributed by atoms with Gasteiger partial charge in [0.25, 0.3) is 0 Å². The van der Waals surface area contributed by atoms with Crippen molar-refractivity contribution in [2.24, 2.45) is 0 Å². The van der Waals surface area contributed by atoms with Gasteiger partial charge in [0.1, 0.15) is 0 Å². The molecule has 1 saturated heterocycles. The molecule has 15 heavy (non-hydrogen) atoms. The zero-order chi connectivity index (χ0) is 10.5. The second-order valence-corrected chi connectivity index (χ2v) is 4.81. The predicted octanol–water partition coefficient (Wildman–Crippen LogP) is 1.24. The van der Waals surface area contributed by atoms with Crippen molar-refractivity contribution in [2.75, 3.05) is 33.3 Å². The highest BCUT2D eigenvalue weighted by Crippen LogP contribution is 2.21. The minimum atomic E-state index is 0.462. The van der Waals surface area contributed by atoms with E-state index >= 15 is 0 Å². The molecule has 1 saturated carbocycles. The highest BCUT2D eigenvalue weighted by Gasteiger charge is 2.26. The van der Waals surface area contributed by atoms with E-state index in [0.717, 1.165) is 6.54 Å². The lowest BCUT2D eigenvalue weighted by Crippen LogP contribution is -2.40. The standard InChI is InChI=1S/C12H24N2O/c1-15-12-6-4-5-11(12)13-7-10-14-8-2-3-9-14/h11-13H,2-10H2,1H3. The van der Waals surface area contributed by atoms with Gasteiger partial charge in [0.2, 0.25) is 0 Å². The molecular weight excluding hydrogens is 188 g/mol. The first-order valence-corrected chi connectivity index (χ1v) is 6.38. The molecule has 3 heteroatoms. The van der Waals surface area contributed by atoms with Crippen LogP contribution in [0.1, 0.15) is 32.1 Å². The van der Waals surface area contributed by atoms with Crippen LogP contribution in [0, 0.1) is 0 Å². The van der Waals surface area contributed by atoms with Crippen molar-refractivity contribution >= 4 is 0 Å². The van der Waals surface area contributed by atoms with Crippen LogP contribution in [0.3, 0.4) is 0 Å². The Balaban J connectivity index is 1.60. The van der Waals surface area contributed by atoms with Crippen molar-refractivity contribution in [3.05, 3.63) is 0 Å². The summed E-state index contributed by atoms with van der Waals surface area (Å²) in [7, 11) is 1.84. The number of rotatable bonds is 5. The summed E-state index contributed by atoms with van der Waals surface area (Å²) >= 11 is 0. The van der Waals surface area contributed by atoms with Crippen LogP contribution in [0.4, 0.5) is 0 Å². The minimum Gasteiger partial charge on any atom is -0.380 e. The maximum absolute atomic E-state index is 5.47. The largest absolute Gasteiger partial charge is 0.380 e. The monoisotopic (exact) mass is 212 g/mol. The third kappa shape index (κ3) is 3.16. The number of ether oxygens (including phenoxy) is 1. The smallest absolute Gasteiger partial charge is 0.0724 e. The van der Waals surface area contributed by atoms with E-state index in [9.17, 15) is 0 Å². The third-order valence-electron chi connectivity index (χ3n) is 3.79. The van der Waals surface area contributed by atoms with Crippen LogP contribution in [0.25, 0.3) is 0 Å². The van der Waals surface area contributed by atoms with E-state index < -0.39 is 0 Å². The summed E-state index contributed by atoms with van der Waals surface area (Å²) in [6.45, 7) is 4.96. The van der Waals surface area contributed by atoms with Gasteiger partial charge >= 0.3 is 0 Å². The average Bonchev–Trinajstić information content (AvgIpc) is 2.88. The first-order chi connectivity index (χ1) is 7.40. The fourth-order valence-corrected chi connectivity index (χ4v) is 2.86.